The van der Waals surface area contributed by atoms with Gasteiger partial charge in [-0.3, -0.25) is 9.59 Å². The number of carbonyl (C=O) groups excluding carboxylic acids is 2. The van der Waals surface area contributed by atoms with Gasteiger partial charge in [-0.1, -0.05) is 57.0 Å². The second-order valence-corrected chi connectivity index (χ2v) is 9.89. The molecule has 1 saturated carbocycles. The van der Waals surface area contributed by atoms with E-state index >= 15 is 0 Å². The number of benzene rings is 1. The van der Waals surface area contributed by atoms with Crippen molar-refractivity contribution in [3.05, 3.63) is 57.8 Å². The Balaban J connectivity index is 1.55. The Labute approximate surface area is 190 Å². The Bertz CT molecular complexity index is 890. The van der Waals surface area contributed by atoms with Crippen LogP contribution in [0.2, 0.25) is 0 Å². The van der Waals surface area contributed by atoms with E-state index < -0.39 is 0 Å². The van der Waals surface area contributed by atoms with E-state index in [-0.39, 0.29) is 36.4 Å². The highest BCUT2D eigenvalue weighted by Crippen LogP contribution is 2.38. The highest BCUT2D eigenvalue weighted by molar-refractivity contribution is 7.10. The lowest BCUT2D eigenvalue weighted by molar-refractivity contribution is -0.144. The average molecular weight is 439 g/mol. The fourth-order valence-electron chi connectivity index (χ4n) is 4.78. The molecule has 2 unspecified atom stereocenters. The van der Waals surface area contributed by atoms with E-state index in [1.165, 1.54) is 10.4 Å². The largest absolute Gasteiger partial charge is 0.330 e. The van der Waals surface area contributed by atoms with Gasteiger partial charge in [0.2, 0.25) is 11.8 Å². The summed E-state index contributed by atoms with van der Waals surface area (Å²) in [7, 11) is 0. The summed E-state index contributed by atoms with van der Waals surface area (Å²) in [5, 5.41) is 2.13. The second kappa shape index (κ2) is 9.99. The zero-order chi connectivity index (χ0) is 21.8. The number of hydrogen-bond acceptors (Lipinski definition) is 3. The fraction of sp³-hybridized carbons (Fsp3) is 0.538. The number of thiophene rings is 1. The van der Waals surface area contributed by atoms with Crippen LogP contribution in [0.25, 0.3) is 0 Å². The molecule has 0 N–H and O–H groups in total. The minimum Gasteiger partial charge on any atom is -0.330 e. The van der Waals surface area contributed by atoms with Crippen LogP contribution in [-0.2, 0) is 16.0 Å². The van der Waals surface area contributed by atoms with Crippen molar-refractivity contribution in [3.8, 4) is 0 Å². The smallest absolute Gasteiger partial charge is 0.243 e. The summed E-state index contributed by atoms with van der Waals surface area (Å²) in [5.41, 5.74) is 2.39. The van der Waals surface area contributed by atoms with Crippen molar-refractivity contribution in [1.82, 2.24) is 9.80 Å². The number of amides is 2. The molecule has 4 nitrogen and oxygen atoms in total. The number of fused-ring (bicyclic) bond motifs is 1. The molecule has 1 aromatic carbocycles. The summed E-state index contributed by atoms with van der Waals surface area (Å²) >= 11 is 1.78. The first-order valence-corrected chi connectivity index (χ1v) is 12.7. The van der Waals surface area contributed by atoms with Crippen LogP contribution >= 0.6 is 11.3 Å². The number of carbonyl (C=O) groups is 2. The third kappa shape index (κ3) is 4.87. The topological polar surface area (TPSA) is 40.6 Å². The molecule has 0 radical (unpaired) electrons. The van der Waals surface area contributed by atoms with Crippen molar-refractivity contribution in [3.63, 3.8) is 0 Å². The maximum atomic E-state index is 13.6. The monoisotopic (exact) mass is 438 g/mol. The van der Waals surface area contributed by atoms with E-state index in [1.54, 1.807) is 11.3 Å². The predicted molar refractivity (Wildman–Crippen MR) is 126 cm³/mol. The number of unbranched alkanes of at least 4 members (excludes halogenated alkanes) is 1. The zero-order valence-electron chi connectivity index (χ0n) is 18.8. The number of nitrogens with zero attached hydrogens (tertiary/aromatic N) is 2. The molecule has 1 aliphatic carbocycles. The van der Waals surface area contributed by atoms with Gasteiger partial charge in [-0.2, -0.15) is 0 Å². The Morgan fingerprint density at radius 3 is 2.61 bits per heavy atom. The van der Waals surface area contributed by atoms with E-state index in [1.807, 2.05) is 28.0 Å². The first-order valence-electron chi connectivity index (χ1n) is 11.8. The van der Waals surface area contributed by atoms with Crippen LogP contribution in [0.5, 0.6) is 0 Å². The number of rotatable bonds is 9. The van der Waals surface area contributed by atoms with Gasteiger partial charge in [-0.25, -0.2) is 0 Å². The molecule has 4 rings (SSSR count). The van der Waals surface area contributed by atoms with Gasteiger partial charge < -0.3 is 9.80 Å². The normalized spacial score (nSPS) is 19.0. The van der Waals surface area contributed by atoms with E-state index in [2.05, 4.69) is 37.4 Å². The predicted octanol–water partition coefficient (Wildman–Crippen LogP) is 5.43. The molecule has 0 spiro atoms. The van der Waals surface area contributed by atoms with Crippen LogP contribution in [0.1, 0.15) is 74.4 Å². The molecule has 2 heterocycles. The summed E-state index contributed by atoms with van der Waals surface area (Å²) in [6.07, 6.45) is 6.90. The van der Waals surface area contributed by atoms with Crippen molar-refractivity contribution in [1.29, 1.82) is 0 Å². The summed E-state index contributed by atoms with van der Waals surface area (Å²) in [4.78, 5) is 32.3. The highest BCUT2D eigenvalue weighted by atomic mass is 32.1. The SMILES string of the molecule is CCCCC(CC)C(=O)N(CC(=O)N1CCc2sccc2C1c1ccccc1)C1CC1. The van der Waals surface area contributed by atoms with E-state index in [0.29, 0.717) is 6.54 Å². The van der Waals surface area contributed by atoms with Gasteiger partial charge in [0.1, 0.15) is 6.54 Å². The first kappa shape index (κ1) is 22.1. The molecule has 0 saturated heterocycles. The average Bonchev–Trinajstić information content (AvgIpc) is 3.53. The third-order valence-corrected chi connectivity index (χ3v) is 7.72. The van der Waals surface area contributed by atoms with Gasteiger partial charge in [0.05, 0.1) is 6.04 Å². The van der Waals surface area contributed by atoms with E-state index in [9.17, 15) is 9.59 Å². The van der Waals surface area contributed by atoms with Gasteiger partial charge in [-0.05, 0) is 54.7 Å². The maximum absolute atomic E-state index is 13.6. The lowest BCUT2D eigenvalue weighted by Crippen LogP contribution is -2.48. The molecule has 2 atom stereocenters. The molecule has 31 heavy (non-hydrogen) atoms. The minimum atomic E-state index is -0.0538. The van der Waals surface area contributed by atoms with Crippen molar-refractivity contribution in [2.24, 2.45) is 5.92 Å². The first-order chi connectivity index (χ1) is 15.1. The van der Waals surface area contributed by atoms with Crippen LogP contribution in [0, 0.1) is 5.92 Å². The molecule has 2 aromatic rings. The van der Waals surface area contributed by atoms with Gasteiger partial charge >= 0.3 is 0 Å². The van der Waals surface area contributed by atoms with Gasteiger partial charge in [0, 0.05) is 23.4 Å². The van der Waals surface area contributed by atoms with E-state index in [4.69, 9.17) is 0 Å². The molecule has 1 fully saturated rings. The van der Waals surface area contributed by atoms with E-state index in [0.717, 1.165) is 50.5 Å². The standard InChI is InChI=1S/C26H34N2O2S/c1-3-5-9-19(4-2)26(30)28(21-12-13-21)18-24(29)27-16-14-23-22(15-17-31-23)25(27)20-10-7-6-8-11-20/h6-8,10-11,15,17,19,21,25H,3-5,9,12-14,16,18H2,1-2H3. The Morgan fingerprint density at radius 1 is 1.16 bits per heavy atom. The van der Waals surface area contributed by atoms with Crippen LogP contribution < -0.4 is 0 Å². The molecular formula is C26H34N2O2S. The zero-order valence-corrected chi connectivity index (χ0v) is 19.6. The molecule has 1 aliphatic heterocycles. The molecule has 1 aromatic heterocycles. The second-order valence-electron chi connectivity index (χ2n) is 8.89. The third-order valence-electron chi connectivity index (χ3n) is 6.73. The maximum Gasteiger partial charge on any atom is 0.243 e. The summed E-state index contributed by atoms with van der Waals surface area (Å²) in [6, 6.07) is 12.7. The Kier molecular flexibility index (Phi) is 7.11. The van der Waals surface area contributed by atoms with Crippen LogP contribution in [0.3, 0.4) is 0 Å². The van der Waals surface area contributed by atoms with Gasteiger partial charge in [0.15, 0.2) is 0 Å². The van der Waals surface area contributed by atoms with Crippen molar-refractivity contribution in [2.45, 2.75) is 70.9 Å². The van der Waals surface area contributed by atoms with Gasteiger partial charge in [-0.15, -0.1) is 11.3 Å². The Hall–Kier alpha value is -2.14. The summed E-state index contributed by atoms with van der Waals surface area (Å²) < 4.78 is 0. The molecule has 2 amide bonds. The molecular weight excluding hydrogens is 404 g/mol. The molecule has 0 bridgehead atoms. The Morgan fingerprint density at radius 2 is 1.94 bits per heavy atom. The summed E-state index contributed by atoms with van der Waals surface area (Å²) in [6.45, 7) is 5.19. The van der Waals surface area contributed by atoms with Crippen LogP contribution in [0.15, 0.2) is 41.8 Å². The fourth-order valence-corrected chi connectivity index (χ4v) is 5.68. The lowest BCUT2D eigenvalue weighted by atomic mass is 9.93. The minimum absolute atomic E-state index is 0.0445. The van der Waals surface area contributed by atoms with Crippen molar-refractivity contribution >= 4 is 23.2 Å². The molecule has 5 heteroatoms. The summed E-state index contributed by atoms with van der Waals surface area (Å²) in [5.74, 6) is 0.315. The van der Waals surface area contributed by atoms with Crippen molar-refractivity contribution in [2.75, 3.05) is 13.1 Å². The molecule has 166 valence electrons. The van der Waals surface area contributed by atoms with Crippen LogP contribution in [-0.4, -0.2) is 40.7 Å². The van der Waals surface area contributed by atoms with Gasteiger partial charge in [0.25, 0.3) is 0 Å². The highest BCUT2D eigenvalue weighted by Gasteiger charge is 2.39. The van der Waals surface area contributed by atoms with Crippen molar-refractivity contribution < 1.29 is 9.59 Å². The number of hydrogen-bond donors (Lipinski definition) is 0. The molecule has 2 aliphatic rings. The van der Waals surface area contributed by atoms with Crippen LogP contribution in [0.4, 0.5) is 0 Å². The lowest BCUT2D eigenvalue weighted by Gasteiger charge is -2.38. The quantitative estimate of drug-likeness (QED) is 0.524.